The van der Waals surface area contributed by atoms with Gasteiger partial charge >= 0.3 is 0 Å². The Labute approximate surface area is 407 Å². The summed E-state index contributed by atoms with van der Waals surface area (Å²) in [6.45, 7) is 13.4. The maximum Gasteiger partial charge on any atom is 0.0801 e. The second-order valence-electron chi connectivity index (χ2n) is 20.5. The molecule has 0 aliphatic rings. The van der Waals surface area contributed by atoms with Gasteiger partial charge in [-0.1, -0.05) is 173 Å². The average molecular weight is 895 g/mol. The van der Waals surface area contributed by atoms with Crippen LogP contribution >= 0.6 is 0 Å². The van der Waals surface area contributed by atoms with Crippen molar-refractivity contribution in [2.45, 2.75) is 53.4 Å². The van der Waals surface area contributed by atoms with E-state index in [-0.39, 0.29) is 0 Å². The Morgan fingerprint density at radius 2 is 0.671 bits per heavy atom. The van der Waals surface area contributed by atoms with E-state index in [0.29, 0.717) is 11.8 Å². The quantitative estimate of drug-likeness (QED) is 0.123. The highest BCUT2D eigenvalue weighted by atomic mass is 14.7. The lowest BCUT2D eigenvalue weighted by Crippen LogP contribution is -1.99. The van der Waals surface area contributed by atoms with Gasteiger partial charge in [0.2, 0.25) is 0 Å². The van der Waals surface area contributed by atoms with Crippen LogP contribution in [0.5, 0.6) is 0 Å². The van der Waals surface area contributed by atoms with Gasteiger partial charge in [0.1, 0.15) is 0 Å². The smallest absolute Gasteiger partial charge is 0.0801 e. The molecule has 0 aliphatic carbocycles. The minimum absolute atomic E-state index is 0.475. The van der Waals surface area contributed by atoms with Crippen LogP contribution in [-0.4, -0.2) is 9.97 Å². The lowest BCUT2D eigenvalue weighted by atomic mass is 9.83. The average Bonchev–Trinajstić information content (AvgIpc) is 3.38. The van der Waals surface area contributed by atoms with E-state index in [4.69, 9.17) is 9.97 Å². The molecule has 332 valence electrons. The number of fused-ring (bicyclic) bond motifs is 6. The molecular formula is C68H50N2. The van der Waals surface area contributed by atoms with Crippen LogP contribution in [0.1, 0.15) is 61.8 Å². The van der Waals surface area contributed by atoms with E-state index in [2.05, 4.69) is 224 Å². The van der Waals surface area contributed by atoms with Gasteiger partial charge in [0.25, 0.3) is 0 Å². The van der Waals surface area contributed by atoms with Crippen molar-refractivity contribution in [1.29, 1.82) is 0 Å². The van der Waals surface area contributed by atoms with Crippen molar-refractivity contribution in [3.63, 3.8) is 0 Å². The second kappa shape index (κ2) is 15.1. The maximum absolute atomic E-state index is 5.77. The molecule has 0 amide bonds. The summed E-state index contributed by atoms with van der Waals surface area (Å²) >= 11 is 0. The third kappa shape index (κ3) is 5.99. The summed E-state index contributed by atoms with van der Waals surface area (Å²) in [5.41, 5.74) is 19.0. The molecule has 2 heteroatoms. The highest BCUT2D eigenvalue weighted by molar-refractivity contribution is 6.41. The molecule has 0 radical (unpaired) electrons. The number of nitrogens with zero attached hydrogens (tertiary/aromatic N) is 2. The normalized spacial score (nSPS) is 12.4. The van der Waals surface area contributed by atoms with Crippen LogP contribution in [0.25, 0.3) is 142 Å². The number of aromatic nitrogens is 2. The zero-order valence-corrected chi connectivity index (χ0v) is 40.4. The Morgan fingerprint density at radius 1 is 0.300 bits per heavy atom. The summed E-state index contributed by atoms with van der Waals surface area (Å²) < 4.78 is 0. The van der Waals surface area contributed by atoms with Gasteiger partial charge in [-0.05, 0) is 172 Å². The van der Waals surface area contributed by atoms with Gasteiger partial charge in [-0.3, -0.25) is 0 Å². The first-order valence-electron chi connectivity index (χ1n) is 24.9. The number of benzene rings is 12. The SMILES string of the molecule is Cc1cccc2cc(-c3c4cc(-c5ccc(C(C)C)cc5)ccc4c4nc5ccc6c(-c7ccc8c(C)cccc8c7)c7cc(-c8ccc(C(C)C)cc8)ccc7c7nc8ccc3c4c8c5c67)ccc12. The lowest BCUT2D eigenvalue weighted by Gasteiger charge is -2.22. The van der Waals surface area contributed by atoms with Crippen LogP contribution in [0.3, 0.4) is 0 Å². The molecule has 0 fully saturated rings. The molecule has 0 atom stereocenters. The summed E-state index contributed by atoms with van der Waals surface area (Å²) in [6.07, 6.45) is 0. The fourth-order valence-corrected chi connectivity index (χ4v) is 12.0. The van der Waals surface area contributed by atoms with Crippen molar-refractivity contribution >= 4 is 97.5 Å². The molecule has 2 nitrogen and oxygen atoms in total. The second-order valence-corrected chi connectivity index (χ2v) is 20.5. The summed E-state index contributed by atoms with van der Waals surface area (Å²) in [5, 5.41) is 16.9. The molecule has 14 aromatic rings. The van der Waals surface area contributed by atoms with Gasteiger partial charge < -0.3 is 0 Å². The van der Waals surface area contributed by atoms with E-state index in [1.165, 1.54) is 131 Å². The molecule has 2 aromatic heterocycles. The first kappa shape index (κ1) is 40.8. The number of hydrogen-bond acceptors (Lipinski definition) is 2. The number of rotatable bonds is 6. The van der Waals surface area contributed by atoms with Crippen molar-refractivity contribution in [3.8, 4) is 44.5 Å². The first-order valence-corrected chi connectivity index (χ1v) is 24.9. The third-order valence-electron chi connectivity index (χ3n) is 15.8. The van der Waals surface area contributed by atoms with E-state index >= 15 is 0 Å². The molecule has 0 saturated heterocycles. The fraction of sp³-hybridized carbons (Fsp3) is 0.118. The Balaban J connectivity index is 1.10. The van der Waals surface area contributed by atoms with E-state index in [1.54, 1.807) is 0 Å². The van der Waals surface area contributed by atoms with Crippen molar-refractivity contribution in [2.24, 2.45) is 0 Å². The van der Waals surface area contributed by atoms with Gasteiger partial charge in [0.05, 0.1) is 22.1 Å². The summed E-state index contributed by atoms with van der Waals surface area (Å²) in [6, 6.07) is 68.9. The predicted octanol–water partition coefficient (Wildman–Crippen LogP) is 19.3. The van der Waals surface area contributed by atoms with Gasteiger partial charge in [-0.15, -0.1) is 0 Å². The molecule has 0 aliphatic heterocycles. The Kier molecular flexibility index (Phi) is 8.84. The summed E-state index contributed by atoms with van der Waals surface area (Å²) in [4.78, 5) is 11.5. The standard InChI is InChI=1S/C68H50N2/c1-37(2)41-13-17-43(18-14-41)45-21-27-53-57(35-45)61(49-23-25-51-39(5)9-7-11-47(51)33-49)55-29-31-60-65-63(55)67(53)69-59-32-30-56-62(50-24-26-52-40(6)10-8-12-48(52)34-50)58-36-46(44-19-15-42(16-20-44)38(3)4)22-28-54(58)68(70-60)64(56)66(59)65/h7-38H,1-6H3. The fourth-order valence-electron chi connectivity index (χ4n) is 12.0. The first-order chi connectivity index (χ1) is 34.2. The molecule has 0 saturated carbocycles. The van der Waals surface area contributed by atoms with Crippen LogP contribution in [0.4, 0.5) is 0 Å². The molecule has 0 bridgehead atoms. The third-order valence-corrected chi connectivity index (χ3v) is 15.8. The largest absolute Gasteiger partial charge is 0.247 e. The minimum Gasteiger partial charge on any atom is -0.247 e. The van der Waals surface area contributed by atoms with Crippen LogP contribution in [0.2, 0.25) is 0 Å². The zero-order chi connectivity index (χ0) is 47.1. The monoisotopic (exact) mass is 894 g/mol. The predicted molar refractivity (Wildman–Crippen MR) is 301 cm³/mol. The molecule has 0 unspecified atom stereocenters. The molecular weight excluding hydrogens is 845 g/mol. The molecule has 70 heavy (non-hydrogen) atoms. The molecule has 0 spiro atoms. The van der Waals surface area contributed by atoms with Crippen molar-refractivity contribution < 1.29 is 0 Å². The number of pyridine rings is 2. The van der Waals surface area contributed by atoms with Crippen LogP contribution in [0, 0.1) is 13.8 Å². The molecule has 14 rings (SSSR count). The lowest BCUT2D eigenvalue weighted by molar-refractivity contribution is 0.867. The topological polar surface area (TPSA) is 25.8 Å². The Hall–Kier alpha value is -8.20. The van der Waals surface area contributed by atoms with Gasteiger partial charge in [0, 0.05) is 32.3 Å². The highest BCUT2D eigenvalue weighted by Crippen LogP contribution is 2.51. The molecule has 12 aromatic carbocycles. The van der Waals surface area contributed by atoms with Crippen LogP contribution in [0.15, 0.2) is 182 Å². The van der Waals surface area contributed by atoms with Crippen molar-refractivity contribution in [1.82, 2.24) is 9.97 Å². The Bertz CT molecular complexity index is 4170. The van der Waals surface area contributed by atoms with Crippen LogP contribution in [-0.2, 0) is 0 Å². The van der Waals surface area contributed by atoms with E-state index in [9.17, 15) is 0 Å². The molecule has 2 heterocycles. The summed E-state index contributed by atoms with van der Waals surface area (Å²) in [5.74, 6) is 0.950. The molecule has 0 N–H and O–H groups in total. The van der Waals surface area contributed by atoms with Crippen molar-refractivity contribution in [2.75, 3.05) is 0 Å². The zero-order valence-electron chi connectivity index (χ0n) is 40.4. The van der Waals surface area contributed by atoms with E-state index in [0.717, 1.165) is 32.8 Å². The van der Waals surface area contributed by atoms with Gasteiger partial charge in [0.15, 0.2) is 0 Å². The minimum atomic E-state index is 0.475. The van der Waals surface area contributed by atoms with Gasteiger partial charge in [-0.25, -0.2) is 9.97 Å². The van der Waals surface area contributed by atoms with Crippen LogP contribution < -0.4 is 0 Å². The Morgan fingerprint density at radius 3 is 1.09 bits per heavy atom. The summed E-state index contributed by atoms with van der Waals surface area (Å²) in [7, 11) is 0. The van der Waals surface area contributed by atoms with E-state index in [1.807, 2.05) is 0 Å². The number of aryl methyl sites for hydroxylation is 2. The highest BCUT2D eigenvalue weighted by Gasteiger charge is 2.26. The maximum atomic E-state index is 5.77. The van der Waals surface area contributed by atoms with Crippen molar-refractivity contribution in [3.05, 3.63) is 204 Å². The number of hydrogen-bond donors (Lipinski definition) is 0. The van der Waals surface area contributed by atoms with Gasteiger partial charge in [-0.2, -0.15) is 0 Å². The van der Waals surface area contributed by atoms with E-state index < -0.39 is 0 Å².